The normalized spacial score (nSPS) is 16.1. The largest absolute Gasteiger partial charge is 0.463 e. The van der Waals surface area contributed by atoms with E-state index < -0.39 is 18.0 Å². The van der Waals surface area contributed by atoms with Crippen molar-refractivity contribution in [1.82, 2.24) is 4.90 Å². The van der Waals surface area contributed by atoms with E-state index in [1.165, 1.54) is 4.90 Å². The zero-order valence-electron chi connectivity index (χ0n) is 13.2. The number of nitrogens with one attached hydrogen (secondary N) is 1. The van der Waals surface area contributed by atoms with Crippen LogP contribution in [-0.4, -0.2) is 49.7 Å². The maximum atomic E-state index is 12.2. The molecule has 0 radical (unpaired) electrons. The van der Waals surface area contributed by atoms with Crippen molar-refractivity contribution >= 4 is 23.7 Å². The molecule has 0 saturated heterocycles. The number of rotatable bonds is 5. The number of esters is 1. The molecule has 1 aliphatic heterocycles. The number of amides is 2. The van der Waals surface area contributed by atoms with Crippen molar-refractivity contribution in [3.05, 3.63) is 29.8 Å². The molecule has 23 heavy (non-hydrogen) atoms. The van der Waals surface area contributed by atoms with Crippen molar-refractivity contribution in [2.75, 3.05) is 32.1 Å². The summed E-state index contributed by atoms with van der Waals surface area (Å²) in [5.41, 5.74) is 1.38. The van der Waals surface area contributed by atoms with Crippen LogP contribution in [0.2, 0.25) is 0 Å². The summed E-state index contributed by atoms with van der Waals surface area (Å²) >= 11 is 0. The third-order valence-corrected chi connectivity index (χ3v) is 3.53. The maximum Gasteiger partial charge on any atom is 0.409 e. The minimum atomic E-state index is -0.618. The van der Waals surface area contributed by atoms with E-state index in [-0.39, 0.29) is 32.1 Å². The second-order valence-electron chi connectivity index (χ2n) is 5.18. The van der Waals surface area contributed by atoms with Crippen LogP contribution >= 0.6 is 0 Å². The van der Waals surface area contributed by atoms with E-state index in [0.29, 0.717) is 5.69 Å². The molecule has 0 bridgehead atoms. The highest BCUT2D eigenvalue weighted by molar-refractivity contribution is 5.99. The van der Waals surface area contributed by atoms with Crippen LogP contribution in [0.4, 0.5) is 10.5 Å². The Morgan fingerprint density at radius 2 is 2.04 bits per heavy atom. The Morgan fingerprint density at radius 3 is 2.78 bits per heavy atom. The van der Waals surface area contributed by atoms with Crippen molar-refractivity contribution in [1.29, 1.82) is 0 Å². The number of anilines is 1. The summed E-state index contributed by atoms with van der Waals surface area (Å²) in [7, 11) is 1.56. The van der Waals surface area contributed by atoms with Gasteiger partial charge in [-0.2, -0.15) is 0 Å². The highest BCUT2D eigenvalue weighted by Crippen LogP contribution is 2.32. The fourth-order valence-electron chi connectivity index (χ4n) is 2.33. The molecule has 7 heteroatoms. The molecule has 0 fully saturated rings. The van der Waals surface area contributed by atoms with Gasteiger partial charge in [0.25, 0.3) is 0 Å². The zero-order chi connectivity index (χ0) is 16.8. The van der Waals surface area contributed by atoms with Crippen molar-refractivity contribution < 1.29 is 23.9 Å². The molecule has 0 aromatic heterocycles. The molecule has 7 nitrogen and oxygen atoms in total. The molecule has 1 N–H and O–H groups in total. The van der Waals surface area contributed by atoms with Gasteiger partial charge in [0.15, 0.2) is 0 Å². The first-order chi connectivity index (χ1) is 11.0. The highest BCUT2D eigenvalue weighted by Gasteiger charge is 2.31. The number of fused-ring (bicyclic) bond motifs is 1. The van der Waals surface area contributed by atoms with E-state index in [9.17, 15) is 14.4 Å². The Hall–Kier alpha value is -2.57. The molecule has 2 amide bonds. The molecule has 0 unspecified atom stereocenters. The second kappa shape index (κ2) is 7.62. The van der Waals surface area contributed by atoms with E-state index >= 15 is 0 Å². The van der Waals surface area contributed by atoms with Gasteiger partial charge in [0.2, 0.25) is 5.91 Å². The summed E-state index contributed by atoms with van der Waals surface area (Å²) in [5.74, 6) is -1.30. The minimum Gasteiger partial charge on any atom is -0.463 e. The summed E-state index contributed by atoms with van der Waals surface area (Å²) in [5, 5.41) is 2.73. The van der Waals surface area contributed by atoms with Crippen LogP contribution in [-0.2, 0) is 19.1 Å². The number of carbonyl (C=O) groups is 3. The van der Waals surface area contributed by atoms with Gasteiger partial charge in [-0.25, -0.2) is 4.79 Å². The average molecular weight is 320 g/mol. The first-order valence-corrected chi connectivity index (χ1v) is 7.46. The molecule has 1 aromatic carbocycles. The minimum absolute atomic E-state index is 0.0500. The van der Waals surface area contributed by atoms with Crippen molar-refractivity contribution in [2.24, 2.45) is 0 Å². The summed E-state index contributed by atoms with van der Waals surface area (Å²) in [6.45, 7) is 2.29. The molecule has 2 rings (SSSR count). The van der Waals surface area contributed by atoms with Gasteiger partial charge < -0.3 is 19.7 Å². The smallest absolute Gasteiger partial charge is 0.409 e. The predicted molar refractivity (Wildman–Crippen MR) is 83.0 cm³/mol. The number of nitrogens with zero attached hydrogens (tertiary/aromatic N) is 1. The van der Waals surface area contributed by atoms with E-state index in [0.717, 1.165) is 5.56 Å². The van der Waals surface area contributed by atoms with Gasteiger partial charge >= 0.3 is 12.1 Å². The maximum absolute atomic E-state index is 12.2. The molecular formula is C16H20N2O5. The molecule has 0 saturated carbocycles. The van der Waals surface area contributed by atoms with Crippen LogP contribution in [0.1, 0.15) is 24.8 Å². The molecule has 1 heterocycles. The monoisotopic (exact) mass is 320 g/mol. The van der Waals surface area contributed by atoms with E-state index in [1.54, 1.807) is 32.2 Å². The third-order valence-electron chi connectivity index (χ3n) is 3.53. The highest BCUT2D eigenvalue weighted by atomic mass is 16.6. The van der Waals surface area contributed by atoms with Crippen LogP contribution in [0.15, 0.2) is 24.3 Å². The number of likely N-dealkylation sites (N-methyl/N-ethyl adjacent to an activating group) is 1. The van der Waals surface area contributed by atoms with E-state index in [1.807, 2.05) is 6.07 Å². The van der Waals surface area contributed by atoms with Crippen LogP contribution in [0.3, 0.4) is 0 Å². The number of hydrogen-bond acceptors (Lipinski definition) is 5. The van der Waals surface area contributed by atoms with Gasteiger partial charge in [-0.1, -0.05) is 18.2 Å². The average Bonchev–Trinajstić information content (AvgIpc) is 2.53. The van der Waals surface area contributed by atoms with Gasteiger partial charge in [0, 0.05) is 19.2 Å². The SMILES string of the molecule is CCOC(=O)N(C)CCOC(=O)[C@H]1CC(=O)Nc2ccccc21. The Kier molecular flexibility index (Phi) is 5.56. The summed E-state index contributed by atoms with van der Waals surface area (Å²) in [4.78, 5) is 36.7. The van der Waals surface area contributed by atoms with Gasteiger partial charge in [-0.15, -0.1) is 0 Å². The van der Waals surface area contributed by atoms with Gasteiger partial charge in [-0.3, -0.25) is 9.59 Å². The van der Waals surface area contributed by atoms with E-state index in [4.69, 9.17) is 9.47 Å². The number of benzene rings is 1. The summed E-state index contributed by atoms with van der Waals surface area (Å²) in [6.07, 6.45) is -0.408. The zero-order valence-corrected chi connectivity index (χ0v) is 13.2. The van der Waals surface area contributed by atoms with Crippen molar-refractivity contribution in [2.45, 2.75) is 19.3 Å². The molecule has 1 aliphatic rings. The lowest BCUT2D eigenvalue weighted by atomic mass is 9.91. The van der Waals surface area contributed by atoms with Crippen LogP contribution < -0.4 is 5.32 Å². The lowest BCUT2D eigenvalue weighted by molar-refractivity contribution is -0.147. The van der Waals surface area contributed by atoms with Crippen LogP contribution in [0, 0.1) is 0 Å². The Bertz CT molecular complexity index is 602. The Labute approximate surface area is 134 Å². The van der Waals surface area contributed by atoms with Gasteiger partial charge in [0.05, 0.1) is 19.1 Å². The fourth-order valence-corrected chi connectivity index (χ4v) is 2.33. The van der Waals surface area contributed by atoms with Gasteiger partial charge in [0.1, 0.15) is 6.61 Å². The topological polar surface area (TPSA) is 84.9 Å². The fraction of sp³-hybridized carbons (Fsp3) is 0.438. The summed E-state index contributed by atoms with van der Waals surface area (Å²) < 4.78 is 10.0. The van der Waals surface area contributed by atoms with Crippen LogP contribution in [0.25, 0.3) is 0 Å². The van der Waals surface area contributed by atoms with Crippen molar-refractivity contribution in [3.8, 4) is 0 Å². The Balaban J connectivity index is 1.91. The van der Waals surface area contributed by atoms with E-state index in [2.05, 4.69) is 5.32 Å². The van der Waals surface area contributed by atoms with Gasteiger partial charge in [-0.05, 0) is 18.6 Å². The number of hydrogen-bond donors (Lipinski definition) is 1. The first-order valence-electron chi connectivity index (χ1n) is 7.46. The molecule has 0 spiro atoms. The molecule has 1 atom stereocenters. The molecule has 0 aliphatic carbocycles. The third kappa shape index (κ3) is 4.21. The lowest BCUT2D eigenvalue weighted by Crippen LogP contribution is -2.33. The number of carbonyl (C=O) groups excluding carboxylic acids is 3. The quantitative estimate of drug-likeness (QED) is 0.835. The van der Waals surface area contributed by atoms with Crippen molar-refractivity contribution in [3.63, 3.8) is 0 Å². The molecule has 1 aromatic rings. The molecule has 124 valence electrons. The lowest BCUT2D eigenvalue weighted by Gasteiger charge is -2.24. The standard InChI is InChI=1S/C16H20N2O5/c1-3-22-16(21)18(2)8-9-23-15(20)12-10-14(19)17-13-7-5-4-6-11(12)13/h4-7,12H,3,8-10H2,1-2H3,(H,17,19)/t12-/m0/s1. The molecular weight excluding hydrogens is 300 g/mol. The Morgan fingerprint density at radius 1 is 1.30 bits per heavy atom. The summed E-state index contributed by atoms with van der Waals surface area (Å²) in [6, 6.07) is 7.15. The second-order valence-corrected chi connectivity index (χ2v) is 5.18. The number of para-hydroxylation sites is 1. The number of ether oxygens (including phenoxy) is 2. The first kappa shape index (κ1) is 16.8. The predicted octanol–water partition coefficient (Wildman–Crippen LogP) is 1.74. The van der Waals surface area contributed by atoms with Crippen LogP contribution in [0.5, 0.6) is 0 Å².